The van der Waals surface area contributed by atoms with E-state index in [4.69, 9.17) is 16.3 Å². The van der Waals surface area contributed by atoms with Crippen molar-refractivity contribution in [3.8, 4) is 11.5 Å². The summed E-state index contributed by atoms with van der Waals surface area (Å²) in [6, 6.07) is 12.5. The number of hydrogen-bond donors (Lipinski definition) is 2. The average molecular weight is 503 g/mol. The molecule has 2 heterocycles. The number of anilines is 1. The first kappa shape index (κ1) is 24.5. The Morgan fingerprint density at radius 3 is 2.71 bits per heavy atom. The first-order valence-electron chi connectivity index (χ1n) is 10.9. The van der Waals surface area contributed by atoms with E-state index < -0.39 is 22.7 Å². The van der Waals surface area contributed by atoms with Gasteiger partial charge < -0.3 is 15.4 Å². The number of carbonyl (C=O) groups excluding carboxylic acids is 1. The van der Waals surface area contributed by atoms with E-state index in [2.05, 4.69) is 20.6 Å². The monoisotopic (exact) mass is 502 g/mol. The van der Waals surface area contributed by atoms with Crippen LogP contribution in [0, 0.1) is 6.92 Å². The number of amidine groups is 1. The van der Waals surface area contributed by atoms with Gasteiger partial charge >= 0.3 is 6.18 Å². The van der Waals surface area contributed by atoms with Gasteiger partial charge in [0.2, 0.25) is 5.91 Å². The standard InChI is InChI=1S/C25H22ClF3N4O2/c1-15-12-16(3-7-23(34)33-17-4-5-20(26)19(13-17)25(27,28)29)2-6-22(15)35-18-8-9-30-21(14-18)24-31-10-11-32-24/h2,4-6,8-9,12-14H,3,7,10-11H2,1H3,(H,31,32)(H,33,34). The Hall–Kier alpha value is -3.59. The smallest absolute Gasteiger partial charge is 0.417 e. The summed E-state index contributed by atoms with van der Waals surface area (Å²) in [5, 5.41) is 5.26. The first-order chi connectivity index (χ1) is 16.7. The summed E-state index contributed by atoms with van der Waals surface area (Å²) < 4.78 is 45.1. The molecule has 1 aliphatic heterocycles. The molecule has 0 atom stereocenters. The summed E-state index contributed by atoms with van der Waals surface area (Å²) in [6.07, 6.45) is -2.42. The molecule has 182 valence electrons. The van der Waals surface area contributed by atoms with E-state index in [0.717, 1.165) is 42.2 Å². The summed E-state index contributed by atoms with van der Waals surface area (Å²) in [5.41, 5.74) is 1.55. The van der Waals surface area contributed by atoms with Crippen LogP contribution >= 0.6 is 11.6 Å². The quantitative estimate of drug-likeness (QED) is 0.430. The highest BCUT2D eigenvalue weighted by molar-refractivity contribution is 6.31. The normalized spacial score (nSPS) is 13.2. The molecule has 0 spiro atoms. The molecule has 1 aliphatic rings. The minimum Gasteiger partial charge on any atom is -0.457 e. The van der Waals surface area contributed by atoms with Crippen molar-refractivity contribution in [1.29, 1.82) is 0 Å². The Morgan fingerprint density at radius 2 is 2.00 bits per heavy atom. The zero-order valence-electron chi connectivity index (χ0n) is 18.7. The highest BCUT2D eigenvalue weighted by Gasteiger charge is 2.33. The van der Waals surface area contributed by atoms with Gasteiger partial charge in [-0.15, -0.1) is 0 Å². The van der Waals surface area contributed by atoms with Crippen LogP contribution in [0.25, 0.3) is 0 Å². The second-order valence-electron chi connectivity index (χ2n) is 7.98. The zero-order valence-corrected chi connectivity index (χ0v) is 19.5. The maximum atomic E-state index is 13.0. The predicted octanol–water partition coefficient (Wildman–Crippen LogP) is 5.78. The van der Waals surface area contributed by atoms with Gasteiger partial charge in [0.1, 0.15) is 23.0 Å². The Kier molecular flexibility index (Phi) is 7.25. The molecule has 0 saturated carbocycles. The lowest BCUT2D eigenvalue weighted by atomic mass is 10.1. The van der Waals surface area contributed by atoms with Gasteiger partial charge in [-0.2, -0.15) is 13.2 Å². The van der Waals surface area contributed by atoms with E-state index in [1.807, 2.05) is 31.2 Å². The summed E-state index contributed by atoms with van der Waals surface area (Å²) >= 11 is 5.62. The molecule has 1 amide bonds. The SMILES string of the molecule is Cc1cc(CCC(=O)Nc2ccc(Cl)c(C(F)(F)F)c2)ccc1Oc1ccnc(C2=NCCN2)c1. The third kappa shape index (κ3) is 6.30. The molecular formula is C25H22ClF3N4O2. The van der Waals surface area contributed by atoms with E-state index in [0.29, 0.717) is 23.6 Å². The number of aryl methyl sites for hydroxylation is 2. The van der Waals surface area contributed by atoms with Crippen LogP contribution in [0.1, 0.15) is 28.8 Å². The number of halogens is 4. The van der Waals surface area contributed by atoms with Gasteiger partial charge in [0.25, 0.3) is 0 Å². The van der Waals surface area contributed by atoms with Gasteiger partial charge in [0.05, 0.1) is 17.1 Å². The third-order valence-corrected chi connectivity index (χ3v) is 5.64. The summed E-state index contributed by atoms with van der Waals surface area (Å²) in [7, 11) is 0. The van der Waals surface area contributed by atoms with Crippen molar-refractivity contribution in [3.05, 3.63) is 82.1 Å². The van der Waals surface area contributed by atoms with Crippen molar-refractivity contribution >= 4 is 29.0 Å². The second-order valence-corrected chi connectivity index (χ2v) is 8.38. The lowest BCUT2D eigenvalue weighted by Crippen LogP contribution is -2.20. The minimum atomic E-state index is -4.60. The number of nitrogens with one attached hydrogen (secondary N) is 2. The van der Waals surface area contributed by atoms with Crippen LogP contribution in [-0.4, -0.2) is 29.8 Å². The predicted molar refractivity (Wildman–Crippen MR) is 128 cm³/mol. The van der Waals surface area contributed by atoms with Gasteiger partial charge in [0.15, 0.2) is 0 Å². The molecule has 0 fully saturated rings. The number of carbonyl (C=O) groups is 1. The maximum Gasteiger partial charge on any atom is 0.417 e. The number of rotatable bonds is 7. The fraction of sp³-hybridized carbons (Fsp3) is 0.240. The Labute approximate surface area is 205 Å². The number of aromatic nitrogens is 1. The molecule has 35 heavy (non-hydrogen) atoms. The van der Waals surface area contributed by atoms with Crippen LogP contribution in [0.4, 0.5) is 18.9 Å². The van der Waals surface area contributed by atoms with E-state index in [1.54, 1.807) is 12.3 Å². The molecular weight excluding hydrogens is 481 g/mol. The molecule has 2 aromatic carbocycles. The average Bonchev–Trinajstić information content (AvgIpc) is 3.35. The molecule has 2 N–H and O–H groups in total. The summed E-state index contributed by atoms with van der Waals surface area (Å²) in [5.74, 6) is 1.64. The molecule has 3 aromatic rings. The number of ether oxygens (including phenoxy) is 1. The van der Waals surface area contributed by atoms with Crippen molar-refractivity contribution in [2.45, 2.75) is 25.9 Å². The number of pyridine rings is 1. The van der Waals surface area contributed by atoms with Gasteiger partial charge in [-0.3, -0.25) is 14.8 Å². The highest BCUT2D eigenvalue weighted by atomic mass is 35.5. The van der Waals surface area contributed by atoms with Gasteiger partial charge in [0, 0.05) is 30.9 Å². The van der Waals surface area contributed by atoms with E-state index in [1.165, 1.54) is 6.07 Å². The molecule has 0 aliphatic carbocycles. The zero-order chi connectivity index (χ0) is 25.0. The Balaban J connectivity index is 1.35. The van der Waals surface area contributed by atoms with Crippen molar-refractivity contribution in [2.24, 2.45) is 4.99 Å². The molecule has 6 nitrogen and oxygen atoms in total. The maximum absolute atomic E-state index is 13.0. The molecule has 10 heteroatoms. The third-order valence-electron chi connectivity index (χ3n) is 5.31. The lowest BCUT2D eigenvalue weighted by Gasteiger charge is -2.13. The van der Waals surface area contributed by atoms with Crippen LogP contribution < -0.4 is 15.4 Å². The number of amides is 1. The summed E-state index contributed by atoms with van der Waals surface area (Å²) in [6.45, 7) is 3.40. The summed E-state index contributed by atoms with van der Waals surface area (Å²) in [4.78, 5) is 21.0. The number of nitrogens with zero attached hydrogens (tertiary/aromatic N) is 2. The molecule has 4 rings (SSSR count). The van der Waals surface area contributed by atoms with Gasteiger partial charge in [-0.25, -0.2) is 0 Å². The lowest BCUT2D eigenvalue weighted by molar-refractivity contribution is -0.137. The molecule has 0 radical (unpaired) electrons. The van der Waals surface area contributed by atoms with Gasteiger partial charge in [-0.05, 0) is 54.8 Å². The molecule has 0 unspecified atom stereocenters. The fourth-order valence-electron chi connectivity index (χ4n) is 3.58. The Bertz CT molecular complexity index is 1280. The molecule has 0 bridgehead atoms. The van der Waals surface area contributed by atoms with Crippen LogP contribution in [0.2, 0.25) is 5.02 Å². The molecule has 1 aromatic heterocycles. The topological polar surface area (TPSA) is 75.6 Å². The van der Waals surface area contributed by atoms with Crippen LogP contribution in [0.5, 0.6) is 11.5 Å². The van der Waals surface area contributed by atoms with Crippen molar-refractivity contribution < 1.29 is 22.7 Å². The van der Waals surface area contributed by atoms with E-state index in [-0.39, 0.29) is 12.1 Å². The van der Waals surface area contributed by atoms with Gasteiger partial charge in [-0.1, -0.05) is 23.7 Å². The van der Waals surface area contributed by atoms with E-state index in [9.17, 15) is 18.0 Å². The Morgan fingerprint density at radius 1 is 1.17 bits per heavy atom. The molecule has 0 saturated heterocycles. The van der Waals surface area contributed by atoms with Crippen LogP contribution in [-0.2, 0) is 17.4 Å². The fourth-order valence-corrected chi connectivity index (χ4v) is 3.81. The van der Waals surface area contributed by atoms with Crippen molar-refractivity contribution in [1.82, 2.24) is 10.3 Å². The number of benzene rings is 2. The largest absolute Gasteiger partial charge is 0.457 e. The van der Waals surface area contributed by atoms with Crippen molar-refractivity contribution in [2.75, 3.05) is 18.4 Å². The minimum absolute atomic E-state index is 0.0436. The number of alkyl halides is 3. The van der Waals surface area contributed by atoms with Crippen LogP contribution in [0.15, 0.2) is 59.7 Å². The highest BCUT2D eigenvalue weighted by Crippen LogP contribution is 2.36. The number of hydrogen-bond acceptors (Lipinski definition) is 5. The van der Waals surface area contributed by atoms with Crippen LogP contribution in [0.3, 0.4) is 0 Å². The second kappa shape index (κ2) is 10.4. The van der Waals surface area contributed by atoms with Crippen molar-refractivity contribution in [3.63, 3.8) is 0 Å². The number of aliphatic imine (C=N–C) groups is 1. The first-order valence-corrected chi connectivity index (χ1v) is 11.3. The van der Waals surface area contributed by atoms with E-state index >= 15 is 0 Å².